The quantitative estimate of drug-likeness (QED) is 0.531. The maximum atomic E-state index is 9.05. The Hall–Kier alpha value is -0.0800. The van der Waals surface area contributed by atoms with Crippen molar-refractivity contribution in [1.29, 1.82) is 0 Å². The maximum absolute atomic E-state index is 9.05. The molecule has 0 aromatic rings. The molecule has 68 valence electrons. The molecule has 0 radical (unpaired) electrons. The standard InChI is InChI=1S/C7H14O2.C2H6/c1-6-2-4-7(8,9)5-3-6;1-2/h6,8-9H,2-5H2,1H3;1-2H3. The van der Waals surface area contributed by atoms with Crippen molar-refractivity contribution >= 4 is 0 Å². The van der Waals surface area contributed by atoms with E-state index in [9.17, 15) is 0 Å². The van der Waals surface area contributed by atoms with Crippen molar-refractivity contribution in [3.8, 4) is 0 Å². The average Bonchev–Trinajstić information content (AvgIpc) is 2.00. The molecule has 1 rings (SSSR count). The predicted octanol–water partition coefficient (Wildman–Crippen LogP) is 1.90. The van der Waals surface area contributed by atoms with Crippen LogP contribution in [-0.4, -0.2) is 16.0 Å². The third-order valence-electron chi connectivity index (χ3n) is 2.08. The van der Waals surface area contributed by atoms with Crippen molar-refractivity contribution in [3.05, 3.63) is 0 Å². The first kappa shape index (κ1) is 10.9. The normalized spacial score (nSPS) is 23.7. The van der Waals surface area contributed by atoms with Crippen LogP contribution < -0.4 is 0 Å². The van der Waals surface area contributed by atoms with Crippen molar-refractivity contribution < 1.29 is 10.2 Å². The summed E-state index contributed by atoms with van der Waals surface area (Å²) in [5, 5.41) is 18.1. The van der Waals surface area contributed by atoms with Gasteiger partial charge in [-0.25, -0.2) is 0 Å². The van der Waals surface area contributed by atoms with E-state index in [-0.39, 0.29) is 0 Å². The Morgan fingerprint density at radius 3 is 1.73 bits per heavy atom. The van der Waals surface area contributed by atoms with Crippen LogP contribution in [0.2, 0.25) is 0 Å². The van der Waals surface area contributed by atoms with Gasteiger partial charge < -0.3 is 10.2 Å². The highest BCUT2D eigenvalue weighted by Gasteiger charge is 2.28. The molecular formula is C9H20O2. The van der Waals surface area contributed by atoms with Gasteiger partial charge in [-0.05, 0) is 18.8 Å². The van der Waals surface area contributed by atoms with Gasteiger partial charge in [-0.2, -0.15) is 0 Å². The molecule has 2 nitrogen and oxygen atoms in total. The molecule has 0 atom stereocenters. The van der Waals surface area contributed by atoms with Gasteiger partial charge in [-0.3, -0.25) is 0 Å². The molecule has 1 aliphatic rings. The lowest BCUT2D eigenvalue weighted by Crippen LogP contribution is -2.32. The number of hydrogen-bond donors (Lipinski definition) is 2. The fourth-order valence-electron chi connectivity index (χ4n) is 1.22. The predicted molar refractivity (Wildman–Crippen MR) is 46.1 cm³/mol. The third kappa shape index (κ3) is 4.38. The molecule has 0 aliphatic heterocycles. The van der Waals surface area contributed by atoms with E-state index in [1.165, 1.54) is 0 Å². The second-order valence-corrected chi connectivity index (χ2v) is 3.16. The molecule has 0 bridgehead atoms. The van der Waals surface area contributed by atoms with E-state index >= 15 is 0 Å². The second kappa shape index (κ2) is 4.73. The summed E-state index contributed by atoms with van der Waals surface area (Å²) in [6.45, 7) is 6.15. The average molecular weight is 160 g/mol. The minimum atomic E-state index is -1.34. The van der Waals surface area contributed by atoms with Gasteiger partial charge in [-0.15, -0.1) is 0 Å². The lowest BCUT2D eigenvalue weighted by Gasteiger charge is -2.29. The van der Waals surface area contributed by atoms with Gasteiger partial charge in [0, 0.05) is 12.8 Å². The Morgan fingerprint density at radius 1 is 1.09 bits per heavy atom. The molecule has 0 saturated heterocycles. The monoisotopic (exact) mass is 160 g/mol. The Balaban J connectivity index is 0.000000461. The smallest absolute Gasteiger partial charge is 0.162 e. The summed E-state index contributed by atoms with van der Waals surface area (Å²) in [7, 11) is 0. The van der Waals surface area contributed by atoms with Gasteiger partial charge in [0.05, 0.1) is 0 Å². The first-order valence-electron chi connectivity index (χ1n) is 4.55. The minimum Gasteiger partial charge on any atom is -0.366 e. The van der Waals surface area contributed by atoms with Crippen LogP contribution in [0.4, 0.5) is 0 Å². The molecule has 0 heterocycles. The summed E-state index contributed by atoms with van der Waals surface area (Å²) in [4.78, 5) is 0. The van der Waals surface area contributed by atoms with Gasteiger partial charge in [0.2, 0.25) is 0 Å². The topological polar surface area (TPSA) is 40.5 Å². The van der Waals surface area contributed by atoms with Crippen molar-refractivity contribution in [3.63, 3.8) is 0 Å². The first-order valence-corrected chi connectivity index (χ1v) is 4.55. The molecule has 0 amide bonds. The van der Waals surface area contributed by atoms with E-state index in [4.69, 9.17) is 10.2 Å². The van der Waals surface area contributed by atoms with Crippen molar-refractivity contribution in [2.24, 2.45) is 5.92 Å². The maximum Gasteiger partial charge on any atom is 0.162 e. The van der Waals surface area contributed by atoms with Gasteiger partial charge in [0.15, 0.2) is 5.79 Å². The summed E-state index contributed by atoms with van der Waals surface area (Å²) in [6.07, 6.45) is 3.00. The van der Waals surface area contributed by atoms with Gasteiger partial charge in [0.1, 0.15) is 0 Å². The van der Waals surface area contributed by atoms with Crippen LogP contribution in [0.1, 0.15) is 46.5 Å². The van der Waals surface area contributed by atoms with Crippen LogP contribution in [0, 0.1) is 5.92 Å². The minimum absolute atomic E-state index is 0.550. The lowest BCUT2D eigenvalue weighted by molar-refractivity contribution is -0.185. The molecule has 1 aliphatic carbocycles. The molecule has 1 fully saturated rings. The number of rotatable bonds is 0. The van der Waals surface area contributed by atoms with Gasteiger partial charge in [-0.1, -0.05) is 20.8 Å². The molecule has 0 spiro atoms. The number of aliphatic hydroxyl groups is 2. The van der Waals surface area contributed by atoms with Crippen LogP contribution in [0.5, 0.6) is 0 Å². The van der Waals surface area contributed by atoms with E-state index < -0.39 is 5.79 Å². The fourth-order valence-corrected chi connectivity index (χ4v) is 1.22. The highest BCUT2D eigenvalue weighted by atomic mass is 16.5. The second-order valence-electron chi connectivity index (χ2n) is 3.16. The zero-order chi connectivity index (χ0) is 8.91. The zero-order valence-corrected chi connectivity index (χ0v) is 7.80. The van der Waals surface area contributed by atoms with E-state index in [1.54, 1.807) is 0 Å². The summed E-state index contributed by atoms with van der Waals surface area (Å²) < 4.78 is 0. The Labute approximate surface area is 69.2 Å². The molecule has 0 aromatic heterocycles. The van der Waals surface area contributed by atoms with Crippen molar-refractivity contribution in [2.45, 2.75) is 52.2 Å². The van der Waals surface area contributed by atoms with E-state index in [1.807, 2.05) is 13.8 Å². The Bertz CT molecular complexity index is 89.7. The Morgan fingerprint density at radius 2 is 1.45 bits per heavy atom. The highest BCUT2D eigenvalue weighted by Crippen LogP contribution is 2.29. The van der Waals surface area contributed by atoms with E-state index in [0.717, 1.165) is 12.8 Å². The molecular weight excluding hydrogens is 140 g/mol. The van der Waals surface area contributed by atoms with Gasteiger partial charge >= 0.3 is 0 Å². The van der Waals surface area contributed by atoms with Crippen molar-refractivity contribution in [1.82, 2.24) is 0 Å². The molecule has 11 heavy (non-hydrogen) atoms. The molecule has 0 unspecified atom stereocenters. The van der Waals surface area contributed by atoms with Crippen LogP contribution in [0.25, 0.3) is 0 Å². The SMILES string of the molecule is CC.CC1CCC(O)(O)CC1. The highest BCUT2D eigenvalue weighted by molar-refractivity contribution is 4.73. The summed E-state index contributed by atoms with van der Waals surface area (Å²) in [5.74, 6) is -0.663. The van der Waals surface area contributed by atoms with Crippen LogP contribution in [-0.2, 0) is 0 Å². The van der Waals surface area contributed by atoms with E-state index in [0.29, 0.717) is 18.8 Å². The summed E-state index contributed by atoms with van der Waals surface area (Å²) in [5.41, 5.74) is 0. The van der Waals surface area contributed by atoms with E-state index in [2.05, 4.69) is 6.92 Å². The molecule has 2 heteroatoms. The van der Waals surface area contributed by atoms with Crippen LogP contribution in [0.15, 0.2) is 0 Å². The molecule has 0 aromatic carbocycles. The van der Waals surface area contributed by atoms with Crippen molar-refractivity contribution in [2.75, 3.05) is 0 Å². The first-order chi connectivity index (χ1) is 5.10. The third-order valence-corrected chi connectivity index (χ3v) is 2.08. The summed E-state index contributed by atoms with van der Waals surface area (Å²) in [6, 6.07) is 0. The fraction of sp³-hybridized carbons (Fsp3) is 1.00. The Kier molecular flexibility index (Phi) is 4.69. The largest absolute Gasteiger partial charge is 0.366 e. The zero-order valence-electron chi connectivity index (χ0n) is 7.80. The summed E-state index contributed by atoms with van der Waals surface area (Å²) >= 11 is 0. The molecule has 1 saturated carbocycles. The number of hydrogen-bond acceptors (Lipinski definition) is 2. The lowest BCUT2D eigenvalue weighted by atomic mass is 9.87. The molecule has 2 N–H and O–H groups in total. The van der Waals surface area contributed by atoms with Crippen LogP contribution >= 0.6 is 0 Å². The van der Waals surface area contributed by atoms with Crippen LogP contribution in [0.3, 0.4) is 0 Å². The van der Waals surface area contributed by atoms with Gasteiger partial charge in [0.25, 0.3) is 0 Å².